The van der Waals surface area contributed by atoms with Crippen LogP contribution >= 0.6 is 0 Å². The molecule has 0 radical (unpaired) electrons. The predicted molar refractivity (Wildman–Crippen MR) is 116 cm³/mol. The summed E-state index contributed by atoms with van der Waals surface area (Å²) >= 11 is 0. The third kappa shape index (κ3) is 4.99. The molecular formula is C25H33FN2O. The molecule has 0 aliphatic carbocycles. The number of likely N-dealkylation sites (tertiary alicyclic amines) is 1. The number of halogens is 1. The molecule has 0 bridgehead atoms. The second-order valence-electron chi connectivity index (χ2n) is 8.76. The Morgan fingerprint density at radius 2 is 1.79 bits per heavy atom. The van der Waals surface area contributed by atoms with Gasteiger partial charge in [-0.15, -0.1) is 0 Å². The van der Waals surface area contributed by atoms with Crippen LogP contribution in [0.5, 0.6) is 0 Å². The lowest BCUT2D eigenvalue weighted by molar-refractivity contribution is -0.175. The average Bonchev–Trinajstić information content (AvgIpc) is 2.75. The number of hydrogen-bond acceptors (Lipinski definition) is 3. The van der Waals surface area contributed by atoms with E-state index in [1.54, 1.807) is 12.1 Å². The summed E-state index contributed by atoms with van der Waals surface area (Å²) in [4.78, 5) is 4.78. The molecule has 156 valence electrons. The first-order chi connectivity index (χ1) is 14.1. The van der Waals surface area contributed by atoms with Gasteiger partial charge in [0.05, 0.1) is 12.3 Å². The molecular weight excluding hydrogens is 363 g/mol. The molecule has 2 aliphatic heterocycles. The van der Waals surface area contributed by atoms with Crippen LogP contribution in [-0.2, 0) is 11.3 Å². The van der Waals surface area contributed by atoms with Gasteiger partial charge in [-0.1, -0.05) is 42.5 Å². The number of benzene rings is 2. The number of para-hydroxylation sites is 1. The van der Waals surface area contributed by atoms with Crippen molar-refractivity contribution in [3.05, 3.63) is 66.0 Å². The minimum Gasteiger partial charge on any atom is -0.369 e. The summed E-state index contributed by atoms with van der Waals surface area (Å²) in [7, 11) is 0. The number of ether oxygens (including phenoxy) is 1. The highest BCUT2D eigenvalue weighted by Gasteiger charge is 2.37. The number of piperidine rings is 2. The number of hydrogen-bond donors (Lipinski definition) is 0. The number of rotatable bonds is 6. The highest BCUT2D eigenvalue weighted by molar-refractivity contribution is 5.48. The highest BCUT2D eigenvalue weighted by Crippen LogP contribution is 2.33. The Balaban J connectivity index is 1.40. The van der Waals surface area contributed by atoms with E-state index < -0.39 is 0 Å². The molecule has 29 heavy (non-hydrogen) atoms. The van der Waals surface area contributed by atoms with Crippen LogP contribution in [0.2, 0.25) is 0 Å². The fourth-order valence-electron chi connectivity index (χ4n) is 4.86. The van der Waals surface area contributed by atoms with Gasteiger partial charge < -0.3 is 9.64 Å². The third-order valence-electron chi connectivity index (χ3n) is 6.57. The van der Waals surface area contributed by atoms with Crippen LogP contribution in [0.25, 0.3) is 0 Å². The summed E-state index contributed by atoms with van der Waals surface area (Å²) in [6.07, 6.45) is 5.84. The van der Waals surface area contributed by atoms with E-state index in [9.17, 15) is 4.39 Å². The van der Waals surface area contributed by atoms with Gasteiger partial charge in [-0.2, -0.15) is 0 Å². The molecule has 2 aromatic rings. The van der Waals surface area contributed by atoms with Gasteiger partial charge in [-0.25, -0.2) is 4.39 Å². The molecule has 3 nitrogen and oxygen atoms in total. The van der Waals surface area contributed by atoms with E-state index in [0.29, 0.717) is 12.5 Å². The van der Waals surface area contributed by atoms with E-state index >= 15 is 0 Å². The smallest absolute Gasteiger partial charge is 0.146 e. The molecule has 2 fully saturated rings. The maximum Gasteiger partial charge on any atom is 0.146 e. The first-order valence-corrected chi connectivity index (χ1v) is 11.1. The van der Waals surface area contributed by atoms with Crippen LogP contribution in [0, 0.1) is 11.7 Å². The van der Waals surface area contributed by atoms with Gasteiger partial charge in [0.2, 0.25) is 0 Å². The second kappa shape index (κ2) is 9.27. The van der Waals surface area contributed by atoms with Crippen molar-refractivity contribution in [1.29, 1.82) is 0 Å². The minimum absolute atomic E-state index is 0.109. The Bertz CT molecular complexity index is 783. The zero-order valence-corrected chi connectivity index (χ0v) is 17.5. The quantitative estimate of drug-likeness (QED) is 0.645. The monoisotopic (exact) mass is 396 g/mol. The predicted octanol–water partition coefficient (Wildman–Crippen LogP) is 5.46. The fraction of sp³-hybridized carbons (Fsp3) is 0.520. The summed E-state index contributed by atoms with van der Waals surface area (Å²) in [6, 6.07) is 17.6. The molecule has 4 heteroatoms. The molecule has 2 heterocycles. The lowest BCUT2D eigenvalue weighted by Gasteiger charge is -2.47. The van der Waals surface area contributed by atoms with Crippen molar-refractivity contribution in [3.63, 3.8) is 0 Å². The molecule has 0 spiro atoms. The van der Waals surface area contributed by atoms with Gasteiger partial charge >= 0.3 is 0 Å². The molecule has 0 aromatic heterocycles. The van der Waals surface area contributed by atoms with Gasteiger partial charge in [-0.05, 0) is 62.6 Å². The summed E-state index contributed by atoms with van der Waals surface area (Å²) in [5, 5.41) is 0. The van der Waals surface area contributed by atoms with E-state index in [4.69, 9.17) is 4.74 Å². The Kier molecular flexibility index (Phi) is 6.51. The van der Waals surface area contributed by atoms with Crippen LogP contribution < -0.4 is 4.90 Å². The van der Waals surface area contributed by atoms with Crippen molar-refractivity contribution in [3.8, 4) is 0 Å². The number of nitrogens with zero attached hydrogens (tertiary/aromatic N) is 2. The number of anilines is 1. The van der Waals surface area contributed by atoms with Gasteiger partial charge in [-0.3, -0.25) is 4.90 Å². The van der Waals surface area contributed by atoms with Crippen molar-refractivity contribution >= 4 is 5.69 Å². The third-order valence-corrected chi connectivity index (χ3v) is 6.57. The maximum atomic E-state index is 14.3. The average molecular weight is 397 g/mol. The molecule has 0 saturated carbocycles. The van der Waals surface area contributed by atoms with Crippen molar-refractivity contribution in [1.82, 2.24) is 4.90 Å². The Labute approximate surface area is 174 Å². The molecule has 0 N–H and O–H groups in total. The van der Waals surface area contributed by atoms with Gasteiger partial charge in [0.25, 0.3) is 0 Å². The normalized spacial score (nSPS) is 25.9. The second-order valence-corrected chi connectivity index (χ2v) is 8.76. The van der Waals surface area contributed by atoms with Crippen molar-refractivity contribution < 1.29 is 9.13 Å². The summed E-state index contributed by atoms with van der Waals surface area (Å²) < 4.78 is 20.8. The molecule has 2 atom stereocenters. The topological polar surface area (TPSA) is 15.7 Å². The molecule has 2 aliphatic rings. The SMILES string of the molecule is CC1(OCc2ccccc2)CCCCN1CC1CCCN(c2ccccc2F)C1. The van der Waals surface area contributed by atoms with Crippen molar-refractivity contribution in [2.75, 3.05) is 31.1 Å². The minimum atomic E-state index is -0.214. The van der Waals surface area contributed by atoms with Crippen molar-refractivity contribution in [2.45, 2.75) is 51.4 Å². The van der Waals surface area contributed by atoms with E-state index in [0.717, 1.165) is 44.7 Å². The maximum absolute atomic E-state index is 14.3. The van der Waals surface area contributed by atoms with Crippen LogP contribution in [0.15, 0.2) is 54.6 Å². The van der Waals surface area contributed by atoms with E-state index in [1.165, 1.54) is 24.8 Å². The van der Waals surface area contributed by atoms with Gasteiger partial charge in [0.1, 0.15) is 11.5 Å². The van der Waals surface area contributed by atoms with E-state index in [2.05, 4.69) is 41.0 Å². The Morgan fingerprint density at radius 3 is 2.62 bits per heavy atom. The molecule has 2 unspecified atom stereocenters. The lowest BCUT2D eigenvalue weighted by Crippen LogP contribution is -2.54. The highest BCUT2D eigenvalue weighted by atomic mass is 19.1. The zero-order chi connectivity index (χ0) is 20.1. The van der Waals surface area contributed by atoms with Crippen LogP contribution in [0.1, 0.15) is 44.6 Å². The van der Waals surface area contributed by atoms with Gasteiger partial charge in [0.15, 0.2) is 0 Å². The summed E-state index contributed by atoms with van der Waals surface area (Å²) in [5.41, 5.74) is 1.76. The summed E-state index contributed by atoms with van der Waals surface area (Å²) in [5.74, 6) is 0.434. The van der Waals surface area contributed by atoms with Crippen LogP contribution in [-0.4, -0.2) is 36.8 Å². The molecule has 0 amide bonds. The van der Waals surface area contributed by atoms with Crippen LogP contribution in [0.3, 0.4) is 0 Å². The van der Waals surface area contributed by atoms with E-state index in [-0.39, 0.29) is 11.5 Å². The van der Waals surface area contributed by atoms with Crippen molar-refractivity contribution in [2.24, 2.45) is 5.92 Å². The molecule has 2 aromatic carbocycles. The van der Waals surface area contributed by atoms with Gasteiger partial charge in [0, 0.05) is 26.2 Å². The van der Waals surface area contributed by atoms with E-state index in [1.807, 2.05) is 18.2 Å². The van der Waals surface area contributed by atoms with Crippen LogP contribution in [0.4, 0.5) is 10.1 Å². The Hall–Kier alpha value is -1.91. The molecule has 4 rings (SSSR count). The first-order valence-electron chi connectivity index (χ1n) is 11.1. The fourth-order valence-corrected chi connectivity index (χ4v) is 4.86. The first kappa shape index (κ1) is 20.4. The molecule has 2 saturated heterocycles. The lowest BCUT2D eigenvalue weighted by atomic mass is 9.93. The Morgan fingerprint density at radius 1 is 1.00 bits per heavy atom. The standard InChI is InChI=1S/C25H33FN2O/c1-25(29-20-21-10-3-2-4-11-21)15-7-8-17-28(25)19-22-12-9-16-27(18-22)24-14-6-5-13-23(24)26/h2-6,10-11,13-14,22H,7-9,12,15-20H2,1H3. The summed E-state index contributed by atoms with van der Waals surface area (Å²) in [6.45, 7) is 6.88. The zero-order valence-electron chi connectivity index (χ0n) is 17.5. The largest absolute Gasteiger partial charge is 0.369 e.